The molecule has 6 nitrogen and oxygen atoms in total. The second kappa shape index (κ2) is 5.10. The monoisotopic (exact) mass is 358 g/mol. The van der Waals surface area contributed by atoms with E-state index in [-0.39, 0.29) is 4.90 Å². The number of nitrogens with two attached hydrogens (primary N) is 1. The van der Waals surface area contributed by atoms with Crippen LogP contribution in [0.5, 0.6) is 0 Å². The first-order valence-corrected chi connectivity index (χ1v) is 8.10. The van der Waals surface area contributed by atoms with Crippen LogP contribution in [0.3, 0.4) is 0 Å². The summed E-state index contributed by atoms with van der Waals surface area (Å²) >= 11 is 3.26. The molecule has 8 heteroatoms. The fourth-order valence-corrected chi connectivity index (χ4v) is 3.95. The fourth-order valence-electron chi connectivity index (χ4n) is 1.84. The number of H-pyrrole nitrogens is 1. The number of aromatic amines is 1. The van der Waals surface area contributed by atoms with Gasteiger partial charge in [-0.2, -0.15) is 5.10 Å². The second-order valence-corrected chi connectivity index (χ2v) is 7.10. The lowest BCUT2D eigenvalue weighted by Gasteiger charge is -2.12. The summed E-state index contributed by atoms with van der Waals surface area (Å²) in [5.74, 6) is 0. The number of sulfonamides is 1. The molecule has 1 aromatic heterocycles. The minimum atomic E-state index is -3.72. The summed E-state index contributed by atoms with van der Waals surface area (Å²) in [7, 11) is -3.72. The Labute approximate surface area is 125 Å². The third-order valence-electron chi connectivity index (χ3n) is 3.02. The minimum absolute atomic E-state index is 0.143. The van der Waals surface area contributed by atoms with Gasteiger partial charge in [-0.05, 0) is 38.5 Å². The molecule has 2 rings (SSSR count). The molecule has 0 radical (unpaired) electrons. The van der Waals surface area contributed by atoms with Gasteiger partial charge in [0.15, 0.2) is 0 Å². The van der Waals surface area contributed by atoms with Gasteiger partial charge in [-0.3, -0.25) is 9.82 Å². The second-order valence-electron chi connectivity index (χ2n) is 4.53. The van der Waals surface area contributed by atoms with E-state index in [1.54, 1.807) is 26.8 Å². The molecule has 0 spiro atoms. The van der Waals surface area contributed by atoms with Crippen molar-refractivity contribution in [2.24, 2.45) is 0 Å². The van der Waals surface area contributed by atoms with Crippen LogP contribution in [0, 0.1) is 20.8 Å². The van der Waals surface area contributed by atoms with Gasteiger partial charge < -0.3 is 5.73 Å². The molecule has 0 bridgehead atoms. The number of benzene rings is 1. The highest BCUT2D eigenvalue weighted by molar-refractivity contribution is 9.10. The molecular formula is C12H15BrN4O2S. The molecule has 0 unspecified atom stereocenters. The molecule has 0 saturated heterocycles. The summed E-state index contributed by atoms with van der Waals surface area (Å²) < 4.78 is 28.2. The third kappa shape index (κ3) is 2.66. The van der Waals surface area contributed by atoms with Crippen molar-refractivity contribution in [2.45, 2.75) is 25.7 Å². The van der Waals surface area contributed by atoms with Crippen molar-refractivity contribution >= 4 is 37.3 Å². The number of nitrogens with one attached hydrogen (secondary N) is 2. The molecule has 2 aromatic rings. The molecule has 108 valence electrons. The smallest absolute Gasteiger partial charge is 0.262 e. The highest BCUT2D eigenvalue weighted by Crippen LogP contribution is 2.28. The van der Waals surface area contributed by atoms with Gasteiger partial charge in [0.25, 0.3) is 10.0 Å². The summed E-state index contributed by atoms with van der Waals surface area (Å²) in [5, 5.41) is 6.70. The Balaban J connectivity index is 2.52. The van der Waals surface area contributed by atoms with Gasteiger partial charge in [0.2, 0.25) is 0 Å². The van der Waals surface area contributed by atoms with Crippen molar-refractivity contribution < 1.29 is 8.42 Å². The van der Waals surface area contributed by atoms with E-state index < -0.39 is 10.0 Å². The number of nitrogen functional groups attached to an aromatic ring is 1. The zero-order valence-electron chi connectivity index (χ0n) is 11.3. The predicted molar refractivity (Wildman–Crippen MR) is 82.2 cm³/mol. The van der Waals surface area contributed by atoms with Crippen molar-refractivity contribution in [3.05, 3.63) is 33.6 Å². The first kappa shape index (κ1) is 14.9. The first-order valence-electron chi connectivity index (χ1n) is 5.82. The highest BCUT2D eigenvalue weighted by atomic mass is 79.9. The Morgan fingerprint density at radius 2 is 1.95 bits per heavy atom. The van der Waals surface area contributed by atoms with Gasteiger partial charge in [-0.15, -0.1) is 0 Å². The molecule has 20 heavy (non-hydrogen) atoms. The van der Waals surface area contributed by atoms with E-state index in [9.17, 15) is 8.42 Å². The molecule has 0 fully saturated rings. The lowest BCUT2D eigenvalue weighted by molar-refractivity contribution is 0.600. The van der Waals surface area contributed by atoms with E-state index in [0.29, 0.717) is 32.8 Å². The summed E-state index contributed by atoms with van der Waals surface area (Å²) in [4.78, 5) is 0.143. The van der Waals surface area contributed by atoms with Crippen molar-refractivity contribution in [1.82, 2.24) is 10.2 Å². The van der Waals surface area contributed by atoms with Crippen molar-refractivity contribution in [2.75, 3.05) is 10.5 Å². The lowest BCUT2D eigenvalue weighted by atomic mass is 10.2. The van der Waals surface area contributed by atoms with E-state index >= 15 is 0 Å². The van der Waals surface area contributed by atoms with Crippen LogP contribution in [-0.4, -0.2) is 18.6 Å². The number of rotatable bonds is 3. The molecule has 0 atom stereocenters. The molecular weight excluding hydrogens is 344 g/mol. The van der Waals surface area contributed by atoms with Crippen LogP contribution in [-0.2, 0) is 10.0 Å². The summed E-state index contributed by atoms with van der Waals surface area (Å²) in [6.45, 7) is 5.15. The third-order valence-corrected chi connectivity index (χ3v) is 4.95. The van der Waals surface area contributed by atoms with E-state index in [4.69, 9.17) is 5.73 Å². The maximum absolute atomic E-state index is 12.5. The normalized spacial score (nSPS) is 11.6. The molecule has 1 heterocycles. The molecule has 4 N–H and O–H groups in total. The SMILES string of the molecule is Cc1n[nH]c(C)c1NS(=O)(=O)c1cc(Br)cc(N)c1C. The fraction of sp³-hybridized carbons (Fsp3) is 0.250. The van der Waals surface area contributed by atoms with Crippen LogP contribution in [0.1, 0.15) is 17.0 Å². The highest BCUT2D eigenvalue weighted by Gasteiger charge is 2.21. The largest absolute Gasteiger partial charge is 0.398 e. The Morgan fingerprint density at radius 1 is 1.30 bits per heavy atom. The maximum Gasteiger partial charge on any atom is 0.262 e. The summed E-state index contributed by atoms with van der Waals surface area (Å²) in [6.07, 6.45) is 0. The van der Waals surface area contributed by atoms with Gasteiger partial charge in [0.1, 0.15) is 0 Å². The first-order chi connectivity index (χ1) is 9.22. The van der Waals surface area contributed by atoms with Gasteiger partial charge in [0, 0.05) is 10.2 Å². The van der Waals surface area contributed by atoms with Crippen LogP contribution in [0.4, 0.5) is 11.4 Å². The lowest BCUT2D eigenvalue weighted by Crippen LogP contribution is -2.16. The molecule has 1 aromatic carbocycles. The minimum Gasteiger partial charge on any atom is -0.398 e. The van der Waals surface area contributed by atoms with Crippen LogP contribution in [0.2, 0.25) is 0 Å². The molecule has 0 aliphatic rings. The number of aryl methyl sites for hydroxylation is 2. The average Bonchev–Trinajstić information content (AvgIpc) is 2.65. The van der Waals surface area contributed by atoms with Crippen molar-refractivity contribution in [3.63, 3.8) is 0 Å². The van der Waals surface area contributed by atoms with Gasteiger partial charge >= 0.3 is 0 Å². The Kier molecular flexibility index (Phi) is 3.79. The quantitative estimate of drug-likeness (QED) is 0.733. The number of aromatic nitrogens is 2. The van der Waals surface area contributed by atoms with Crippen molar-refractivity contribution in [1.29, 1.82) is 0 Å². The molecule has 0 aliphatic carbocycles. The van der Waals surface area contributed by atoms with Crippen LogP contribution >= 0.6 is 15.9 Å². The van der Waals surface area contributed by atoms with E-state index in [2.05, 4.69) is 30.8 Å². The average molecular weight is 359 g/mol. The zero-order chi connectivity index (χ0) is 15.1. The summed E-state index contributed by atoms with van der Waals surface area (Å²) in [6, 6.07) is 3.20. The number of nitrogens with zero attached hydrogens (tertiary/aromatic N) is 1. The topological polar surface area (TPSA) is 101 Å². The number of anilines is 2. The van der Waals surface area contributed by atoms with Crippen LogP contribution < -0.4 is 10.5 Å². The Bertz CT molecular complexity index is 749. The summed E-state index contributed by atoms with van der Waals surface area (Å²) in [5.41, 5.74) is 8.45. The molecule has 0 aliphatic heterocycles. The number of hydrogen-bond acceptors (Lipinski definition) is 4. The van der Waals surface area contributed by atoms with Gasteiger partial charge in [-0.1, -0.05) is 15.9 Å². The van der Waals surface area contributed by atoms with Crippen LogP contribution in [0.25, 0.3) is 0 Å². The Morgan fingerprint density at radius 3 is 2.50 bits per heavy atom. The maximum atomic E-state index is 12.5. The standard InChI is InChI=1S/C12H15BrN4O2S/c1-6-10(14)4-9(13)5-11(6)20(18,19)17-12-7(2)15-16-8(12)3/h4-5,17H,14H2,1-3H3,(H,15,16). The number of halogens is 1. The van der Waals surface area contributed by atoms with E-state index in [0.717, 1.165) is 0 Å². The van der Waals surface area contributed by atoms with Gasteiger partial charge in [-0.25, -0.2) is 8.42 Å². The Hall–Kier alpha value is -1.54. The molecule has 0 amide bonds. The number of hydrogen-bond donors (Lipinski definition) is 3. The molecule has 0 saturated carbocycles. The van der Waals surface area contributed by atoms with E-state index in [1.807, 2.05) is 0 Å². The van der Waals surface area contributed by atoms with Gasteiger partial charge in [0.05, 0.1) is 22.0 Å². The predicted octanol–water partition coefficient (Wildman–Crippen LogP) is 2.48. The van der Waals surface area contributed by atoms with E-state index in [1.165, 1.54) is 6.07 Å². The zero-order valence-corrected chi connectivity index (χ0v) is 13.7. The van der Waals surface area contributed by atoms with Crippen LogP contribution in [0.15, 0.2) is 21.5 Å². The van der Waals surface area contributed by atoms with Crippen molar-refractivity contribution in [3.8, 4) is 0 Å².